The van der Waals surface area contributed by atoms with Gasteiger partial charge in [-0.25, -0.2) is 4.39 Å². The number of nitro benzene ring substituents is 2. The topological polar surface area (TPSA) is 150 Å². The van der Waals surface area contributed by atoms with Gasteiger partial charge in [-0.3, -0.25) is 20.2 Å². The van der Waals surface area contributed by atoms with E-state index in [1.165, 1.54) is 0 Å². The fraction of sp³-hybridized carbons (Fsp3) is 0. The number of non-ortho nitro benzene ring substituents is 1. The molecule has 12 heteroatoms. The minimum Gasteiger partial charge on any atom is -0.505 e. The van der Waals surface area contributed by atoms with Gasteiger partial charge in [-0.1, -0.05) is 0 Å². The number of nitrogens with zero attached hydrogens (tertiary/aromatic N) is 2. The summed E-state index contributed by atoms with van der Waals surface area (Å²) in [6, 6.07) is 4.13. The van der Waals surface area contributed by atoms with Gasteiger partial charge in [-0.2, -0.15) is 8.42 Å². The van der Waals surface area contributed by atoms with Crippen molar-refractivity contribution in [1.29, 1.82) is 0 Å². The van der Waals surface area contributed by atoms with Crippen LogP contribution in [0.2, 0.25) is 0 Å². The minimum atomic E-state index is -4.67. The summed E-state index contributed by atoms with van der Waals surface area (Å²) < 4.78 is 41.9. The maximum absolute atomic E-state index is 13.2. The van der Waals surface area contributed by atoms with Crippen LogP contribution in [0.4, 0.5) is 15.8 Å². The molecule has 0 aliphatic carbocycles. The van der Waals surface area contributed by atoms with E-state index in [1.807, 2.05) is 0 Å². The van der Waals surface area contributed by atoms with Crippen molar-refractivity contribution in [3.8, 4) is 11.5 Å². The van der Waals surface area contributed by atoms with Crippen molar-refractivity contribution in [2.24, 2.45) is 0 Å². The molecule has 0 saturated carbocycles. The number of rotatable bonds is 5. The fourth-order valence-corrected chi connectivity index (χ4v) is 2.60. The first-order valence-electron chi connectivity index (χ1n) is 5.97. The molecule has 0 spiro atoms. The van der Waals surface area contributed by atoms with Crippen LogP contribution in [0.5, 0.6) is 11.5 Å². The van der Waals surface area contributed by atoms with E-state index in [1.54, 1.807) is 0 Å². The number of halogens is 1. The van der Waals surface area contributed by atoms with Crippen LogP contribution in [0.25, 0.3) is 0 Å². The molecule has 0 atom stereocenters. The summed E-state index contributed by atoms with van der Waals surface area (Å²) in [7, 11) is -4.67. The molecule has 0 aliphatic heterocycles. The van der Waals surface area contributed by atoms with Gasteiger partial charge in [0.05, 0.1) is 15.9 Å². The molecule has 0 fully saturated rings. The highest BCUT2D eigenvalue weighted by Crippen LogP contribution is 2.33. The molecule has 0 saturated heterocycles. The van der Waals surface area contributed by atoms with Gasteiger partial charge in [0.15, 0.2) is 11.6 Å². The molecule has 0 aliphatic rings. The van der Waals surface area contributed by atoms with Gasteiger partial charge in [0.1, 0.15) is 4.90 Å². The normalized spacial score (nSPS) is 11.0. The van der Waals surface area contributed by atoms with E-state index in [-0.39, 0.29) is 0 Å². The molecule has 0 amide bonds. The molecule has 0 aromatic heterocycles. The molecule has 0 radical (unpaired) electrons. The highest BCUT2D eigenvalue weighted by Gasteiger charge is 2.26. The molecule has 0 bridgehead atoms. The van der Waals surface area contributed by atoms with Crippen LogP contribution >= 0.6 is 0 Å². The molecule has 126 valence electrons. The fourth-order valence-electron chi connectivity index (χ4n) is 1.64. The Hall–Kier alpha value is -3.28. The molecule has 1 N–H and O–H groups in total. The van der Waals surface area contributed by atoms with Crippen LogP contribution in [0.15, 0.2) is 41.3 Å². The van der Waals surface area contributed by atoms with E-state index in [9.17, 15) is 33.0 Å². The Bertz CT molecular complexity index is 944. The Morgan fingerprint density at radius 1 is 1.04 bits per heavy atom. The van der Waals surface area contributed by atoms with Crippen LogP contribution in [0.1, 0.15) is 0 Å². The lowest BCUT2D eigenvalue weighted by Crippen LogP contribution is -2.11. The second kappa shape index (κ2) is 6.08. The van der Waals surface area contributed by atoms with Gasteiger partial charge in [0, 0.05) is 6.07 Å². The molecule has 2 aromatic carbocycles. The Morgan fingerprint density at radius 2 is 1.71 bits per heavy atom. The van der Waals surface area contributed by atoms with Crippen LogP contribution in [0, 0.1) is 26.0 Å². The smallest absolute Gasteiger partial charge is 0.339 e. The van der Waals surface area contributed by atoms with Crippen molar-refractivity contribution in [3.05, 3.63) is 62.4 Å². The molecule has 24 heavy (non-hydrogen) atoms. The SMILES string of the molecule is O=[N+]([O-])c1ccc(OS(=O)(=O)c2ccc(O)c(F)c2)c([N+](=O)[O-])c1. The number of benzene rings is 2. The number of nitro groups is 2. The molecule has 0 unspecified atom stereocenters. The number of phenolic OH excluding ortho intramolecular Hbond substituents is 1. The summed E-state index contributed by atoms with van der Waals surface area (Å²) in [6.45, 7) is 0. The van der Waals surface area contributed by atoms with E-state index in [4.69, 9.17) is 5.11 Å². The first-order chi connectivity index (χ1) is 11.1. The van der Waals surface area contributed by atoms with Crippen molar-refractivity contribution in [1.82, 2.24) is 0 Å². The maximum atomic E-state index is 13.2. The van der Waals surface area contributed by atoms with Crippen molar-refractivity contribution in [2.75, 3.05) is 0 Å². The summed E-state index contributed by atoms with van der Waals surface area (Å²) in [4.78, 5) is 18.9. The Morgan fingerprint density at radius 3 is 2.25 bits per heavy atom. The molecular formula is C12H7FN2O8S. The largest absolute Gasteiger partial charge is 0.505 e. The third kappa shape index (κ3) is 3.38. The lowest BCUT2D eigenvalue weighted by molar-refractivity contribution is -0.394. The van der Waals surface area contributed by atoms with Crippen molar-refractivity contribution < 1.29 is 31.9 Å². The van der Waals surface area contributed by atoms with E-state index < -0.39 is 53.6 Å². The molecular weight excluding hydrogens is 351 g/mol. The lowest BCUT2D eigenvalue weighted by Gasteiger charge is -2.08. The van der Waals surface area contributed by atoms with Gasteiger partial charge in [-0.15, -0.1) is 0 Å². The van der Waals surface area contributed by atoms with E-state index in [2.05, 4.69) is 4.18 Å². The van der Waals surface area contributed by atoms with Gasteiger partial charge < -0.3 is 9.29 Å². The molecule has 10 nitrogen and oxygen atoms in total. The summed E-state index contributed by atoms with van der Waals surface area (Å²) in [5.74, 6) is -2.81. The number of aromatic hydroxyl groups is 1. The van der Waals surface area contributed by atoms with Crippen molar-refractivity contribution >= 4 is 21.5 Å². The quantitative estimate of drug-likeness (QED) is 0.485. The lowest BCUT2D eigenvalue weighted by atomic mass is 10.2. The van der Waals surface area contributed by atoms with Crippen LogP contribution in [-0.2, 0) is 10.1 Å². The van der Waals surface area contributed by atoms with Crippen LogP contribution in [0.3, 0.4) is 0 Å². The molecule has 2 rings (SSSR count). The predicted molar refractivity (Wildman–Crippen MR) is 75.6 cm³/mol. The molecule has 2 aromatic rings. The average Bonchev–Trinajstić information content (AvgIpc) is 2.49. The average molecular weight is 358 g/mol. The second-order valence-electron chi connectivity index (χ2n) is 4.32. The zero-order valence-electron chi connectivity index (χ0n) is 11.4. The summed E-state index contributed by atoms with van der Waals surface area (Å²) in [5, 5.41) is 30.6. The summed E-state index contributed by atoms with van der Waals surface area (Å²) in [5.41, 5.74) is -1.59. The van der Waals surface area contributed by atoms with Crippen LogP contribution < -0.4 is 4.18 Å². The number of phenols is 1. The highest BCUT2D eigenvalue weighted by atomic mass is 32.2. The van der Waals surface area contributed by atoms with Gasteiger partial charge in [0.25, 0.3) is 5.69 Å². The Balaban J connectivity index is 2.47. The number of hydrogen-bond donors (Lipinski definition) is 1. The zero-order valence-corrected chi connectivity index (χ0v) is 12.3. The molecule has 0 heterocycles. The summed E-state index contributed by atoms with van der Waals surface area (Å²) >= 11 is 0. The Kier molecular flexibility index (Phi) is 4.33. The summed E-state index contributed by atoms with van der Waals surface area (Å²) in [6.07, 6.45) is 0. The first-order valence-corrected chi connectivity index (χ1v) is 7.38. The van der Waals surface area contributed by atoms with Crippen molar-refractivity contribution in [2.45, 2.75) is 4.90 Å². The third-order valence-corrected chi connectivity index (χ3v) is 3.99. The van der Waals surface area contributed by atoms with Gasteiger partial charge in [0.2, 0.25) is 5.75 Å². The minimum absolute atomic E-state index is 0.460. The maximum Gasteiger partial charge on any atom is 0.339 e. The number of hydrogen-bond acceptors (Lipinski definition) is 8. The Labute approximate surface area is 133 Å². The highest BCUT2D eigenvalue weighted by molar-refractivity contribution is 7.87. The monoisotopic (exact) mass is 358 g/mol. The van der Waals surface area contributed by atoms with E-state index >= 15 is 0 Å². The zero-order chi connectivity index (χ0) is 18.1. The van der Waals surface area contributed by atoms with E-state index in [0.29, 0.717) is 12.1 Å². The van der Waals surface area contributed by atoms with Gasteiger partial charge >= 0.3 is 15.8 Å². The standard InChI is InChI=1S/C12H7FN2O8S/c13-9-6-8(2-3-11(9)16)24(21,22)23-12-4-1-7(14(17)18)5-10(12)15(19)20/h1-6,16H. The van der Waals surface area contributed by atoms with E-state index in [0.717, 1.165) is 24.3 Å². The van der Waals surface area contributed by atoms with Crippen molar-refractivity contribution in [3.63, 3.8) is 0 Å². The van der Waals surface area contributed by atoms with Crippen LogP contribution in [-0.4, -0.2) is 23.4 Å². The first kappa shape index (κ1) is 17.1. The van der Waals surface area contributed by atoms with Gasteiger partial charge in [-0.05, 0) is 24.3 Å². The second-order valence-corrected chi connectivity index (χ2v) is 5.86. The third-order valence-electron chi connectivity index (χ3n) is 2.76. The predicted octanol–water partition coefficient (Wildman–Crippen LogP) is 2.12.